The average molecular weight is 218 g/mol. The summed E-state index contributed by atoms with van der Waals surface area (Å²) in [5.41, 5.74) is 6.67. The molecule has 62 valence electrons. The summed E-state index contributed by atoms with van der Waals surface area (Å²) in [6, 6.07) is 1.85. The molecule has 0 atom stereocenters. The van der Waals surface area contributed by atoms with Gasteiger partial charge in [0.15, 0.2) is 10.6 Å². The van der Waals surface area contributed by atoms with Crippen LogP contribution in [0.4, 0.5) is 5.88 Å². The monoisotopic (exact) mass is 217 g/mol. The Morgan fingerprint density at radius 2 is 2.00 bits per heavy atom. The molecule has 0 saturated heterocycles. The topological polar surface area (TPSA) is 39.2 Å². The second kappa shape index (κ2) is 2.55. The molecule has 0 spiro atoms. The van der Waals surface area contributed by atoms with E-state index in [9.17, 15) is 0 Å². The van der Waals surface area contributed by atoms with Gasteiger partial charge in [-0.15, -0.1) is 0 Å². The molecule has 1 aromatic heterocycles. The Hall–Kier alpha value is -0.440. The van der Waals surface area contributed by atoms with Crippen molar-refractivity contribution in [2.24, 2.45) is 0 Å². The van der Waals surface area contributed by atoms with Crippen LogP contribution < -0.4 is 5.73 Å². The van der Waals surface area contributed by atoms with E-state index in [2.05, 4.69) is 36.7 Å². The highest BCUT2D eigenvalue weighted by atomic mass is 79.9. The van der Waals surface area contributed by atoms with Gasteiger partial charge < -0.3 is 10.2 Å². The molecule has 0 fully saturated rings. The number of nitrogen functional groups attached to an aromatic ring is 1. The van der Waals surface area contributed by atoms with Gasteiger partial charge in [0.1, 0.15) is 0 Å². The third-order valence-electron chi connectivity index (χ3n) is 1.51. The summed E-state index contributed by atoms with van der Waals surface area (Å²) in [6.45, 7) is 6.34. The van der Waals surface area contributed by atoms with Crippen molar-refractivity contribution in [2.75, 3.05) is 5.73 Å². The Balaban J connectivity index is 3.13. The van der Waals surface area contributed by atoms with E-state index in [-0.39, 0.29) is 5.41 Å². The normalized spacial score (nSPS) is 12.0. The van der Waals surface area contributed by atoms with Gasteiger partial charge >= 0.3 is 0 Å². The van der Waals surface area contributed by atoms with Crippen molar-refractivity contribution in [1.29, 1.82) is 0 Å². The minimum absolute atomic E-state index is 0.0833. The van der Waals surface area contributed by atoms with Crippen molar-refractivity contribution in [3.05, 3.63) is 16.3 Å². The number of hydrogen-bond donors (Lipinski definition) is 1. The number of halogens is 1. The van der Waals surface area contributed by atoms with Crippen molar-refractivity contribution in [3.63, 3.8) is 0 Å². The Bertz CT molecular complexity index is 260. The molecule has 0 amide bonds. The molecule has 2 nitrogen and oxygen atoms in total. The van der Waals surface area contributed by atoms with E-state index < -0.39 is 0 Å². The SMILES string of the molecule is CC(C)(C)c1cc(N)oc1Br. The summed E-state index contributed by atoms with van der Waals surface area (Å²) in [6.07, 6.45) is 0. The fraction of sp³-hybridized carbons (Fsp3) is 0.500. The van der Waals surface area contributed by atoms with E-state index in [0.29, 0.717) is 5.88 Å². The first-order valence-corrected chi connectivity index (χ1v) is 4.26. The predicted octanol–water partition coefficient (Wildman–Crippen LogP) is 2.92. The summed E-state index contributed by atoms with van der Waals surface area (Å²) in [5.74, 6) is 0.460. The van der Waals surface area contributed by atoms with Gasteiger partial charge in [0, 0.05) is 11.6 Å². The van der Waals surface area contributed by atoms with Gasteiger partial charge in [-0.05, 0) is 21.3 Å². The highest BCUT2D eigenvalue weighted by molar-refractivity contribution is 9.10. The Kier molecular flexibility index (Phi) is 2.01. The molecule has 11 heavy (non-hydrogen) atoms. The first-order valence-electron chi connectivity index (χ1n) is 3.46. The van der Waals surface area contributed by atoms with Crippen molar-refractivity contribution < 1.29 is 4.42 Å². The van der Waals surface area contributed by atoms with Crippen molar-refractivity contribution in [1.82, 2.24) is 0 Å². The molecule has 0 unspecified atom stereocenters. The van der Waals surface area contributed by atoms with E-state index >= 15 is 0 Å². The van der Waals surface area contributed by atoms with Crippen LogP contribution in [0.15, 0.2) is 15.2 Å². The smallest absolute Gasteiger partial charge is 0.192 e. The van der Waals surface area contributed by atoms with Crippen LogP contribution in [0.1, 0.15) is 26.3 Å². The van der Waals surface area contributed by atoms with E-state index in [1.807, 2.05) is 6.07 Å². The molecule has 0 saturated carbocycles. The molecule has 0 radical (unpaired) electrons. The highest BCUT2D eigenvalue weighted by Crippen LogP contribution is 2.33. The fourth-order valence-corrected chi connectivity index (χ4v) is 1.79. The Labute approximate surface area is 74.9 Å². The largest absolute Gasteiger partial charge is 0.434 e. The molecule has 1 rings (SSSR count). The molecular weight excluding hydrogens is 206 g/mol. The zero-order valence-corrected chi connectivity index (χ0v) is 8.53. The standard InChI is InChI=1S/C8H12BrNO/c1-8(2,3)5-4-6(10)11-7(5)9/h4H,10H2,1-3H3. The van der Waals surface area contributed by atoms with Crippen molar-refractivity contribution >= 4 is 21.8 Å². The third kappa shape index (κ3) is 1.77. The third-order valence-corrected chi connectivity index (χ3v) is 2.10. The second-order valence-electron chi connectivity index (χ2n) is 3.59. The maximum Gasteiger partial charge on any atom is 0.192 e. The van der Waals surface area contributed by atoms with Crippen LogP contribution in [0, 0.1) is 0 Å². The minimum atomic E-state index is 0.0833. The first kappa shape index (κ1) is 8.65. The molecule has 0 bridgehead atoms. The van der Waals surface area contributed by atoms with E-state index in [1.165, 1.54) is 0 Å². The van der Waals surface area contributed by atoms with Crippen LogP contribution >= 0.6 is 15.9 Å². The Morgan fingerprint density at radius 1 is 1.45 bits per heavy atom. The number of furan rings is 1. The van der Waals surface area contributed by atoms with Crippen LogP contribution in [-0.2, 0) is 5.41 Å². The molecule has 0 aliphatic carbocycles. The molecule has 0 aliphatic heterocycles. The maximum absolute atomic E-state index is 5.48. The minimum Gasteiger partial charge on any atom is -0.434 e. The lowest BCUT2D eigenvalue weighted by Gasteiger charge is -2.15. The van der Waals surface area contributed by atoms with E-state index in [0.717, 1.165) is 10.2 Å². The zero-order valence-electron chi connectivity index (χ0n) is 6.94. The van der Waals surface area contributed by atoms with Gasteiger partial charge in [-0.1, -0.05) is 20.8 Å². The summed E-state index contributed by atoms with van der Waals surface area (Å²) in [5, 5.41) is 0. The number of nitrogens with two attached hydrogens (primary N) is 1. The van der Waals surface area contributed by atoms with Gasteiger partial charge in [0.25, 0.3) is 0 Å². The fourth-order valence-electron chi connectivity index (χ4n) is 0.898. The molecule has 0 aliphatic rings. The van der Waals surface area contributed by atoms with E-state index in [1.54, 1.807) is 0 Å². The van der Waals surface area contributed by atoms with E-state index in [4.69, 9.17) is 10.2 Å². The summed E-state index contributed by atoms with van der Waals surface area (Å²) in [7, 11) is 0. The zero-order chi connectivity index (χ0) is 8.65. The maximum atomic E-state index is 5.48. The number of rotatable bonds is 0. The Morgan fingerprint density at radius 3 is 2.18 bits per heavy atom. The predicted molar refractivity (Wildman–Crippen MR) is 49.5 cm³/mol. The van der Waals surface area contributed by atoms with Crippen LogP contribution in [0.5, 0.6) is 0 Å². The molecule has 1 aromatic rings. The highest BCUT2D eigenvalue weighted by Gasteiger charge is 2.20. The molecular formula is C8H12BrNO. The lowest BCUT2D eigenvalue weighted by atomic mass is 9.89. The van der Waals surface area contributed by atoms with Crippen molar-refractivity contribution in [3.8, 4) is 0 Å². The first-order chi connectivity index (χ1) is 4.91. The summed E-state index contributed by atoms with van der Waals surface area (Å²) in [4.78, 5) is 0. The molecule has 0 aromatic carbocycles. The van der Waals surface area contributed by atoms with Crippen LogP contribution in [0.2, 0.25) is 0 Å². The van der Waals surface area contributed by atoms with Crippen LogP contribution in [-0.4, -0.2) is 0 Å². The van der Waals surface area contributed by atoms with Gasteiger partial charge in [-0.3, -0.25) is 0 Å². The van der Waals surface area contributed by atoms with Gasteiger partial charge in [0.05, 0.1) is 0 Å². The number of anilines is 1. The lowest BCUT2D eigenvalue weighted by Crippen LogP contribution is -2.10. The molecule has 1 heterocycles. The lowest BCUT2D eigenvalue weighted by molar-refractivity contribution is 0.524. The van der Waals surface area contributed by atoms with Crippen molar-refractivity contribution in [2.45, 2.75) is 26.2 Å². The van der Waals surface area contributed by atoms with Gasteiger partial charge in [-0.2, -0.15) is 0 Å². The molecule has 2 N–H and O–H groups in total. The van der Waals surface area contributed by atoms with Crippen LogP contribution in [0.25, 0.3) is 0 Å². The second-order valence-corrected chi connectivity index (χ2v) is 4.31. The van der Waals surface area contributed by atoms with Gasteiger partial charge in [0.2, 0.25) is 0 Å². The number of hydrogen-bond acceptors (Lipinski definition) is 2. The summed E-state index contributed by atoms with van der Waals surface area (Å²) < 4.78 is 5.87. The quantitative estimate of drug-likeness (QED) is 0.727. The molecule has 3 heteroatoms. The average Bonchev–Trinajstić information content (AvgIpc) is 2.08. The van der Waals surface area contributed by atoms with Crippen LogP contribution in [0.3, 0.4) is 0 Å². The van der Waals surface area contributed by atoms with Gasteiger partial charge in [-0.25, -0.2) is 0 Å². The summed E-state index contributed by atoms with van der Waals surface area (Å²) >= 11 is 3.31.